The normalized spacial score (nSPS) is 20.1. The van der Waals surface area contributed by atoms with Crippen molar-refractivity contribution in [3.63, 3.8) is 0 Å². The van der Waals surface area contributed by atoms with Crippen LogP contribution >= 0.6 is 0 Å². The summed E-state index contributed by atoms with van der Waals surface area (Å²) < 4.78 is 10.7. The van der Waals surface area contributed by atoms with Crippen LogP contribution in [-0.2, 0) is 16.1 Å². The minimum absolute atomic E-state index is 0.125. The van der Waals surface area contributed by atoms with Crippen LogP contribution in [0.4, 0.5) is 4.79 Å². The van der Waals surface area contributed by atoms with Crippen molar-refractivity contribution in [3.05, 3.63) is 23.8 Å². The number of imide groups is 1. The van der Waals surface area contributed by atoms with Crippen LogP contribution in [0.2, 0.25) is 0 Å². The maximum Gasteiger partial charge on any atom is 0.325 e. The summed E-state index contributed by atoms with van der Waals surface area (Å²) >= 11 is 0. The van der Waals surface area contributed by atoms with Gasteiger partial charge in [-0.2, -0.15) is 0 Å². The van der Waals surface area contributed by atoms with Crippen LogP contribution in [0.15, 0.2) is 18.2 Å². The Kier molecular flexibility index (Phi) is 5.10. The minimum atomic E-state index is -0.794. The fourth-order valence-electron chi connectivity index (χ4n) is 4.36. The van der Waals surface area contributed by atoms with Gasteiger partial charge < -0.3 is 19.7 Å². The lowest BCUT2D eigenvalue weighted by Gasteiger charge is -2.26. The molecule has 4 amide bonds. The summed E-state index contributed by atoms with van der Waals surface area (Å²) in [6.07, 6.45) is 4.96. The lowest BCUT2D eigenvalue weighted by atomic mass is 9.98. The Hall–Kier alpha value is -2.77. The fraction of sp³-hybridized carbons (Fsp3) is 0.571. The van der Waals surface area contributed by atoms with Gasteiger partial charge in [-0.05, 0) is 43.9 Å². The van der Waals surface area contributed by atoms with E-state index in [1.54, 1.807) is 25.2 Å². The van der Waals surface area contributed by atoms with Crippen LogP contribution in [0.1, 0.15) is 44.1 Å². The van der Waals surface area contributed by atoms with Gasteiger partial charge in [-0.25, -0.2) is 4.79 Å². The van der Waals surface area contributed by atoms with E-state index in [-0.39, 0.29) is 24.4 Å². The molecule has 0 bridgehead atoms. The number of nitrogens with one attached hydrogen (secondary N) is 1. The quantitative estimate of drug-likeness (QED) is 0.707. The number of nitrogens with zero attached hydrogens (tertiary/aromatic N) is 2. The van der Waals surface area contributed by atoms with E-state index in [9.17, 15) is 14.4 Å². The van der Waals surface area contributed by atoms with E-state index in [0.717, 1.165) is 36.1 Å². The van der Waals surface area contributed by atoms with E-state index in [2.05, 4.69) is 5.32 Å². The molecular weight excluding hydrogens is 374 g/mol. The van der Waals surface area contributed by atoms with Crippen molar-refractivity contribution in [1.29, 1.82) is 0 Å². The standard InChI is InChI=1S/C21H27N3O5/c1-28-16-7-8-17(29-2)14(11-16)12-23(15-5-6-15)18(25)13-24-19(26)21(22-20(24)27)9-3-4-10-21/h7-8,11,15H,3-6,9-10,12-13H2,1-2H3,(H,22,27). The number of carbonyl (C=O) groups is 3. The van der Waals surface area contributed by atoms with E-state index in [4.69, 9.17) is 9.47 Å². The van der Waals surface area contributed by atoms with Gasteiger partial charge in [0.05, 0.1) is 14.2 Å². The second kappa shape index (κ2) is 7.57. The largest absolute Gasteiger partial charge is 0.497 e. The van der Waals surface area contributed by atoms with Crippen molar-refractivity contribution >= 4 is 17.8 Å². The zero-order valence-electron chi connectivity index (χ0n) is 16.9. The van der Waals surface area contributed by atoms with Crippen LogP contribution in [0.25, 0.3) is 0 Å². The molecular formula is C21H27N3O5. The summed E-state index contributed by atoms with van der Waals surface area (Å²) in [5.41, 5.74) is 0.0363. The second-order valence-corrected chi connectivity index (χ2v) is 8.04. The highest BCUT2D eigenvalue weighted by Gasteiger charge is 2.53. The highest BCUT2D eigenvalue weighted by Crippen LogP contribution is 2.36. The van der Waals surface area contributed by atoms with Crippen molar-refractivity contribution in [3.8, 4) is 11.5 Å². The van der Waals surface area contributed by atoms with Crippen molar-refractivity contribution in [2.75, 3.05) is 20.8 Å². The smallest absolute Gasteiger partial charge is 0.325 e. The van der Waals surface area contributed by atoms with E-state index in [1.807, 2.05) is 12.1 Å². The predicted octanol–water partition coefficient (Wildman–Crippen LogP) is 2.06. The topological polar surface area (TPSA) is 88.2 Å². The Morgan fingerprint density at radius 1 is 1.21 bits per heavy atom. The molecule has 1 spiro atoms. The van der Waals surface area contributed by atoms with Crippen molar-refractivity contribution in [2.45, 2.75) is 56.7 Å². The summed E-state index contributed by atoms with van der Waals surface area (Å²) in [4.78, 5) is 41.2. The SMILES string of the molecule is COc1ccc(OC)c(CN(C(=O)CN2C(=O)NC3(CCCC3)C2=O)C2CC2)c1. The summed E-state index contributed by atoms with van der Waals surface area (Å²) in [5.74, 6) is 0.865. The molecule has 1 saturated heterocycles. The Labute approximate surface area is 170 Å². The lowest BCUT2D eigenvalue weighted by molar-refractivity contribution is -0.139. The summed E-state index contributed by atoms with van der Waals surface area (Å²) in [7, 11) is 3.18. The molecule has 0 aromatic heterocycles. The third kappa shape index (κ3) is 3.63. The first-order valence-corrected chi connectivity index (χ1v) is 10.1. The first-order valence-electron chi connectivity index (χ1n) is 10.1. The van der Waals surface area contributed by atoms with Gasteiger partial charge in [-0.3, -0.25) is 14.5 Å². The molecule has 1 heterocycles. The average molecular weight is 401 g/mol. The number of methoxy groups -OCH3 is 2. The van der Waals surface area contributed by atoms with Crippen molar-refractivity contribution < 1.29 is 23.9 Å². The maximum atomic E-state index is 13.1. The number of urea groups is 1. The number of rotatable bonds is 7. The first-order chi connectivity index (χ1) is 14.0. The molecule has 156 valence electrons. The fourth-order valence-corrected chi connectivity index (χ4v) is 4.36. The molecule has 0 atom stereocenters. The summed E-state index contributed by atoms with van der Waals surface area (Å²) in [6, 6.07) is 5.13. The number of amides is 4. The molecule has 2 aliphatic carbocycles. The van der Waals surface area contributed by atoms with E-state index in [0.29, 0.717) is 30.9 Å². The van der Waals surface area contributed by atoms with Crippen molar-refractivity contribution in [2.24, 2.45) is 0 Å². The van der Waals surface area contributed by atoms with Gasteiger partial charge in [0, 0.05) is 18.2 Å². The monoisotopic (exact) mass is 401 g/mol. The van der Waals surface area contributed by atoms with Crippen LogP contribution in [0.3, 0.4) is 0 Å². The molecule has 0 unspecified atom stereocenters. The van der Waals surface area contributed by atoms with Gasteiger partial charge in [-0.1, -0.05) is 12.8 Å². The number of carbonyl (C=O) groups excluding carboxylic acids is 3. The molecule has 8 nitrogen and oxygen atoms in total. The van der Waals surface area contributed by atoms with Crippen LogP contribution in [0, 0.1) is 0 Å². The van der Waals surface area contributed by atoms with Gasteiger partial charge in [0.1, 0.15) is 23.6 Å². The number of benzene rings is 1. The molecule has 8 heteroatoms. The molecule has 3 aliphatic rings. The van der Waals surface area contributed by atoms with E-state index >= 15 is 0 Å². The van der Waals surface area contributed by atoms with Crippen LogP contribution in [-0.4, -0.2) is 60.0 Å². The van der Waals surface area contributed by atoms with E-state index < -0.39 is 11.6 Å². The Morgan fingerprint density at radius 2 is 1.93 bits per heavy atom. The lowest BCUT2D eigenvalue weighted by Crippen LogP contribution is -2.46. The van der Waals surface area contributed by atoms with Gasteiger partial charge in [0.2, 0.25) is 5.91 Å². The van der Waals surface area contributed by atoms with Crippen LogP contribution < -0.4 is 14.8 Å². The average Bonchev–Trinajstić information content (AvgIpc) is 3.41. The number of hydrogen-bond acceptors (Lipinski definition) is 5. The molecule has 1 N–H and O–H groups in total. The molecule has 0 radical (unpaired) electrons. The molecule has 4 rings (SSSR count). The van der Waals surface area contributed by atoms with Crippen LogP contribution in [0.5, 0.6) is 11.5 Å². The highest BCUT2D eigenvalue weighted by molar-refractivity contribution is 6.09. The van der Waals surface area contributed by atoms with Crippen molar-refractivity contribution in [1.82, 2.24) is 15.1 Å². The van der Waals surface area contributed by atoms with Gasteiger partial charge in [0.25, 0.3) is 5.91 Å². The molecule has 3 fully saturated rings. The summed E-state index contributed by atoms with van der Waals surface area (Å²) in [6.45, 7) is 0.119. The van der Waals surface area contributed by atoms with Gasteiger partial charge in [0.15, 0.2) is 0 Å². The molecule has 1 aliphatic heterocycles. The predicted molar refractivity (Wildman–Crippen MR) is 105 cm³/mol. The molecule has 1 aromatic carbocycles. The maximum absolute atomic E-state index is 13.1. The zero-order chi connectivity index (χ0) is 20.6. The third-order valence-corrected chi connectivity index (χ3v) is 6.13. The first kappa shape index (κ1) is 19.5. The van der Waals surface area contributed by atoms with Gasteiger partial charge >= 0.3 is 6.03 Å². The molecule has 1 aromatic rings. The third-order valence-electron chi connectivity index (χ3n) is 6.13. The Morgan fingerprint density at radius 3 is 2.55 bits per heavy atom. The zero-order valence-corrected chi connectivity index (χ0v) is 16.9. The molecule has 29 heavy (non-hydrogen) atoms. The number of ether oxygens (including phenoxy) is 2. The minimum Gasteiger partial charge on any atom is -0.497 e. The van der Waals surface area contributed by atoms with E-state index in [1.165, 1.54) is 0 Å². The molecule has 2 saturated carbocycles. The Bertz CT molecular complexity index is 830. The summed E-state index contributed by atoms with van der Waals surface area (Å²) in [5, 5.41) is 2.83. The Balaban J connectivity index is 1.50. The second-order valence-electron chi connectivity index (χ2n) is 8.04. The number of hydrogen-bond donors (Lipinski definition) is 1. The highest BCUT2D eigenvalue weighted by atomic mass is 16.5. The van der Waals surface area contributed by atoms with Gasteiger partial charge in [-0.15, -0.1) is 0 Å².